The summed E-state index contributed by atoms with van der Waals surface area (Å²) in [6.45, 7) is 3.89. The summed E-state index contributed by atoms with van der Waals surface area (Å²) in [6.07, 6.45) is 5.22. The van der Waals surface area contributed by atoms with Crippen LogP contribution in [0.1, 0.15) is 30.5 Å². The number of aromatic nitrogens is 2. The number of nitrogens with zero attached hydrogens (tertiary/aromatic N) is 2. The predicted octanol–water partition coefficient (Wildman–Crippen LogP) is 0.448. The van der Waals surface area contributed by atoms with Gasteiger partial charge in [-0.3, -0.25) is 9.78 Å². The third-order valence-corrected chi connectivity index (χ3v) is 3.82. The van der Waals surface area contributed by atoms with E-state index in [0.29, 0.717) is 0 Å². The molecule has 1 aliphatic heterocycles. The molecule has 1 aromatic heterocycles. The van der Waals surface area contributed by atoms with Gasteiger partial charge in [0.05, 0.1) is 5.69 Å². The average Bonchev–Trinajstić information content (AvgIpc) is 2.67. The monoisotopic (exact) mass is 248 g/mol. The van der Waals surface area contributed by atoms with Gasteiger partial charge in [0.25, 0.3) is 5.56 Å². The van der Waals surface area contributed by atoms with Crippen LogP contribution in [0, 0.1) is 0 Å². The van der Waals surface area contributed by atoms with Crippen LogP contribution in [0.15, 0.2) is 4.79 Å². The molecule has 98 valence electrons. The lowest BCUT2D eigenvalue weighted by Crippen LogP contribution is -2.33. The summed E-state index contributed by atoms with van der Waals surface area (Å²) >= 11 is 0. The largest absolute Gasteiger partial charge is 0.341 e. The van der Waals surface area contributed by atoms with Gasteiger partial charge in [-0.05, 0) is 38.6 Å². The lowest BCUT2D eigenvalue weighted by molar-refractivity contribution is 0.649. The molecule has 1 aliphatic carbocycles. The van der Waals surface area contributed by atoms with Gasteiger partial charge in [-0.2, -0.15) is 0 Å². The van der Waals surface area contributed by atoms with Gasteiger partial charge in [0.2, 0.25) is 5.95 Å². The molecule has 2 N–H and O–H groups in total. The Morgan fingerprint density at radius 2 is 1.94 bits per heavy atom. The maximum Gasteiger partial charge on any atom is 0.255 e. The molecule has 18 heavy (non-hydrogen) atoms. The van der Waals surface area contributed by atoms with Crippen molar-refractivity contribution >= 4 is 5.95 Å². The minimum atomic E-state index is 0.0758. The van der Waals surface area contributed by atoms with Gasteiger partial charge < -0.3 is 10.2 Å². The minimum Gasteiger partial charge on any atom is -0.341 e. The van der Waals surface area contributed by atoms with E-state index in [4.69, 9.17) is 0 Å². The first-order valence-electron chi connectivity index (χ1n) is 6.92. The predicted molar refractivity (Wildman–Crippen MR) is 71.2 cm³/mol. The summed E-state index contributed by atoms with van der Waals surface area (Å²) < 4.78 is 0. The van der Waals surface area contributed by atoms with Crippen molar-refractivity contribution in [3.63, 3.8) is 0 Å². The summed E-state index contributed by atoms with van der Waals surface area (Å²) in [5.41, 5.74) is 2.02. The third-order valence-electron chi connectivity index (χ3n) is 3.82. The summed E-state index contributed by atoms with van der Waals surface area (Å²) in [6, 6.07) is 0. The highest BCUT2D eigenvalue weighted by molar-refractivity contribution is 5.34. The number of hydrogen-bond acceptors (Lipinski definition) is 4. The molecule has 0 spiro atoms. The molecule has 1 saturated heterocycles. The molecule has 5 nitrogen and oxygen atoms in total. The van der Waals surface area contributed by atoms with Crippen LogP contribution in [0.2, 0.25) is 0 Å². The molecule has 0 unspecified atom stereocenters. The SMILES string of the molecule is O=c1[nH]c(N2CCCNCC2)nc2c1CCCC2. The molecule has 0 bridgehead atoms. The van der Waals surface area contributed by atoms with Crippen LogP contribution in [0.4, 0.5) is 5.95 Å². The highest BCUT2D eigenvalue weighted by Crippen LogP contribution is 2.18. The lowest BCUT2D eigenvalue weighted by atomic mass is 9.97. The number of rotatable bonds is 1. The van der Waals surface area contributed by atoms with Crippen molar-refractivity contribution in [2.45, 2.75) is 32.1 Å². The molecule has 1 aromatic rings. The molecule has 2 heterocycles. The Morgan fingerprint density at radius 1 is 1.06 bits per heavy atom. The van der Waals surface area contributed by atoms with Gasteiger partial charge in [-0.1, -0.05) is 0 Å². The standard InChI is InChI=1S/C13H20N4O/c18-12-10-4-1-2-5-11(10)15-13(16-12)17-8-3-6-14-7-9-17/h14H,1-9H2,(H,15,16,18). The molecule has 0 aromatic carbocycles. The topological polar surface area (TPSA) is 61.0 Å². The Labute approximate surface area is 107 Å². The minimum absolute atomic E-state index is 0.0758. The summed E-state index contributed by atoms with van der Waals surface area (Å²) in [4.78, 5) is 21.9. The highest BCUT2D eigenvalue weighted by Gasteiger charge is 2.18. The Kier molecular flexibility index (Phi) is 3.32. The van der Waals surface area contributed by atoms with Gasteiger partial charge in [-0.15, -0.1) is 0 Å². The van der Waals surface area contributed by atoms with Crippen molar-refractivity contribution in [2.75, 3.05) is 31.1 Å². The zero-order chi connectivity index (χ0) is 12.4. The fourth-order valence-electron chi connectivity index (χ4n) is 2.80. The average molecular weight is 248 g/mol. The fourth-order valence-corrected chi connectivity index (χ4v) is 2.80. The smallest absolute Gasteiger partial charge is 0.255 e. The molecular formula is C13H20N4O. The van der Waals surface area contributed by atoms with Crippen LogP contribution in [0.3, 0.4) is 0 Å². The van der Waals surface area contributed by atoms with Crippen molar-refractivity contribution in [3.05, 3.63) is 21.6 Å². The number of hydrogen-bond donors (Lipinski definition) is 2. The maximum atomic E-state index is 12.1. The third kappa shape index (κ3) is 2.27. The number of aromatic amines is 1. The fraction of sp³-hybridized carbons (Fsp3) is 0.692. The summed E-state index contributed by atoms with van der Waals surface area (Å²) in [5.74, 6) is 0.768. The molecular weight excluding hydrogens is 228 g/mol. The number of anilines is 1. The Bertz CT molecular complexity index is 474. The zero-order valence-electron chi connectivity index (χ0n) is 10.7. The molecule has 0 amide bonds. The Morgan fingerprint density at radius 3 is 2.89 bits per heavy atom. The Hall–Kier alpha value is -1.36. The quantitative estimate of drug-likeness (QED) is 0.757. The van der Waals surface area contributed by atoms with E-state index in [1.54, 1.807) is 0 Å². The van der Waals surface area contributed by atoms with E-state index in [9.17, 15) is 4.79 Å². The van der Waals surface area contributed by atoms with Crippen molar-refractivity contribution in [2.24, 2.45) is 0 Å². The molecule has 0 saturated carbocycles. The van der Waals surface area contributed by atoms with Crippen LogP contribution in [0.25, 0.3) is 0 Å². The number of H-pyrrole nitrogens is 1. The second-order valence-corrected chi connectivity index (χ2v) is 5.11. The van der Waals surface area contributed by atoms with E-state index in [0.717, 1.165) is 75.5 Å². The molecule has 0 radical (unpaired) electrons. The maximum absolute atomic E-state index is 12.1. The second kappa shape index (κ2) is 5.10. The number of fused-ring (bicyclic) bond motifs is 1. The first-order valence-corrected chi connectivity index (χ1v) is 6.92. The number of aryl methyl sites for hydroxylation is 1. The number of nitrogens with one attached hydrogen (secondary N) is 2. The van der Waals surface area contributed by atoms with E-state index in [-0.39, 0.29) is 5.56 Å². The molecule has 1 fully saturated rings. The zero-order valence-corrected chi connectivity index (χ0v) is 10.7. The Balaban J connectivity index is 1.92. The summed E-state index contributed by atoms with van der Waals surface area (Å²) in [7, 11) is 0. The van der Waals surface area contributed by atoms with Gasteiger partial charge in [-0.25, -0.2) is 4.98 Å². The normalized spacial score (nSPS) is 20.3. The molecule has 2 aliphatic rings. The van der Waals surface area contributed by atoms with E-state index in [1.807, 2.05) is 0 Å². The van der Waals surface area contributed by atoms with Gasteiger partial charge >= 0.3 is 0 Å². The first-order chi connectivity index (χ1) is 8.84. The lowest BCUT2D eigenvalue weighted by Gasteiger charge is -2.22. The van der Waals surface area contributed by atoms with Crippen molar-refractivity contribution in [1.82, 2.24) is 15.3 Å². The van der Waals surface area contributed by atoms with Gasteiger partial charge in [0, 0.05) is 25.2 Å². The molecule has 3 rings (SSSR count). The van der Waals surface area contributed by atoms with Gasteiger partial charge in [0.1, 0.15) is 0 Å². The molecule has 5 heteroatoms. The van der Waals surface area contributed by atoms with E-state index >= 15 is 0 Å². The first kappa shape index (κ1) is 11.7. The van der Waals surface area contributed by atoms with Crippen LogP contribution < -0.4 is 15.8 Å². The van der Waals surface area contributed by atoms with Crippen LogP contribution in [-0.4, -0.2) is 36.1 Å². The molecule has 0 atom stereocenters. The van der Waals surface area contributed by atoms with Crippen LogP contribution >= 0.6 is 0 Å². The van der Waals surface area contributed by atoms with Crippen LogP contribution in [0.5, 0.6) is 0 Å². The second-order valence-electron chi connectivity index (χ2n) is 5.11. The van der Waals surface area contributed by atoms with Crippen molar-refractivity contribution in [3.8, 4) is 0 Å². The van der Waals surface area contributed by atoms with Crippen molar-refractivity contribution < 1.29 is 0 Å². The van der Waals surface area contributed by atoms with E-state index < -0.39 is 0 Å². The van der Waals surface area contributed by atoms with E-state index in [2.05, 4.69) is 20.2 Å². The van der Waals surface area contributed by atoms with E-state index in [1.165, 1.54) is 0 Å². The van der Waals surface area contributed by atoms with Crippen LogP contribution in [-0.2, 0) is 12.8 Å². The van der Waals surface area contributed by atoms with Crippen molar-refractivity contribution in [1.29, 1.82) is 0 Å². The highest BCUT2D eigenvalue weighted by atomic mass is 16.1. The summed E-state index contributed by atoms with van der Waals surface area (Å²) in [5, 5.41) is 3.36. The van der Waals surface area contributed by atoms with Gasteiger partial charge in [0.15, 0.2) is 0 Å².